The van der Waals surface area contributed by atoms with Crippen molar-refractivity contribution in [1.29, 1.82) is 0 Å². The maximum Gasteiger partial charge on any atom is 0.356 e. The highest BCUT2D eigenvalue weighted by molar-refractivity contribution is 9.10. The summed E-state index contributed by atoms with van der Waals surface area (Å²) in [7, 11) is 0. The van der Waals surface area contributed by atoms with Crippen LogP contribution in [-0.2, 0) is 0 Å². The summed E-state index contributed by atoms with van der Waals surface area (Å²) in [4.78, 5) is 28.1. The normalized spacial score (nSPS) is 10.5. The summed E-state index contributed by atoms with van der Waals surface area (Å²) >= 11 is 3.30. The third-order valence-corrected chi connectivity index (χ3v) is 4.00. The van der Waals surface area contributed by atoms with Crippen LogP contribution in [0, 0.1) is 6.92 Å². The molecule has 25 heavy (non-hydrogen) atoms. The van der Waals surface area contributed by atoms with Crippen molar-refractivity contribution >= 4 is 33.5 Å². The maximum absolute atomic E-state index is 12.3. The molecular weight excluding hydrogens is 388 g/mol. The number of nitrogens with zero attached hydrogens (tertiary/aromatic N) is 3. The lowest BCUT2D eigenvalue weighted by atomic mass is 10.2. The largest absolute Gasteiger partial charge is 0.476 e. The number of nitrogens with one attached hydrogen (secondary N) is 1. The number of benzene rings is 1. The number of carbonyl (C=O) groups is 2. The molecule has 3 aromatic rings. The van der Waals surface area contributed by atoms with Crippen molar-refractivity contribution in [2.24, 2.45) is 0 Å². The highest BCUT2D eigenvalue weighted by Crippen LogP contribution is 2.20. The van der Waals surface area contributed by atoms with E-state index in [1.54, 1.807) is 36.4 Å². The number of rotatable bonds is 4. The van der Waals surface area contributed by atoms with E-state index in [9.17, 15) is 14.7 Å². The molecule has 3 rings (SSSR count). The molecule has 2 N–H and O–H groups in total. The molecule has 0 saturated carbocycles. The first-order chi connectivity index (χ1) is 12.0. The molecule has 1 aromatic carbocycles. The van der Waals surface area contributed by atoms with Crippen molar-refractivity contribution in [2.45, 2.75) is 6.92 Å². The SMILES string of the molecule is Cc1ccc(-n2ncc(NC(=O)c3ccc(Br)cc3)c2C(=O)O)cn1. The van der Waals surface area contributed by atoms with E-state index in [1.807, 2.05) is 6.92 Å². The van der Waals surface area contributed by atoms with Gasteiger partial charge in [-0.25, -0.2) is 9.48 Å². The minimum absolute atomic E-state index is 0.112. The first kappa shape index (κ1) is 16.8. The standard InChI is InChI=1S/C17H13BrN4O3/c1-10-2-7-13(8-19-10)22-15(17(24)25)14(9-20-22)21-16(23)11-3-5-12(18)6-4-11/h2-9H,1H3,(H,21,23)(H,24,25). The first-order valence-corrected chi connectivity index (χ1v) is 8.06. The van der Waals surface area contributed by atoms with Crippen molar-refractivity contribution in [3.8, 4) is 5.69 Å². The van der Waals surface area contributed by atoms with Gasteiger partial charge in [-0.1, -0.05) is 15.9 Å². The lowest BCUT2D eigenvalue weighted by Crippen LogP contribution is -2.16. The monoisotopic (exact) mass is 400 g/mol. The molecule has 0 aliphatic heterocycles. The average Bonchev–Trinajstić information content (AvgIpc) is 3.00. The molecule has 0 unspecified atom stereocenters. The van der Waals surface area contributed by atoms with Crippen molar-refractivity contribution in [3.63, 3.8) is 0 Å². The van der Waals surface area contributed by atoms with E-state index < -0.39 is 11.9 Å². The quantitative estimate of drug-likeness (QED) is 0.700. The van der Waals surface area contributed by atoms with Gasteiger partial charge in [-0.15, -0.1) is 0 Å². The van der Waals surface area contributed by atoms with E-state index in [1.165, 1.54) is 17.1 Å². The summed E-state index contributed by atoms with van der Waals surface area (Å²) < 4.78 is 2.07. The Labute approximate surface area is 151 Å². The van der Waals surface area contributed by atoms with Gasteiger partial charge in [0.1, 0.15) is 0 Å². The Morgan fingerprint density at radius 1 is 1.12 bits per heavy atom. The van der Waals surface area contributed by atoms with Gasteiger partial charge in [0.25, 0.3) is 5.91 Å². The molecule has 0 aliphatic carbocycles. The zero-order valence-corrected chi connectivity index (χ0v) is 14.7. The number of hydrogen-bond acceptors (Lipinski definition) is 4. The Morgan fingerprint density at radius 2 is 1.84 bits per heavy atom. The molecule has 1 amide bonds. The van der Waals surface area contributed by atoms with E-state index in [4.69, 9.17) is 0 Å². The van der Waals surface area contributed by atoms with E-state index in [0.717, 1.165) is 10.2 Å². The van der Waals surface area contributed by atoms with Crippen LogP contribution < -0.4 is 5.32 Å². The summed E-state index contributed by atoms with van der Waals surface area (Å²) in [6, 6.07) is 10.2. The second kappa shape index (κ2) is 6.86. The molecule has 8 heteroatoms. The molecule has 2 aromatic heterocycles. The molecule has 0 aliphatic rings. The number of anilines is 1. The fourth-order valence-corrected chi connectivity index (χ4v) is 2.49. The van der Waals surface area contributed by atoms with Gasteiger partial charge in [0.15, 0.2) is 5.69 Å². The number of carbonyl (C=O) groups excluding carboxylic acids is 1. The number of halogens is 1. The molecule has 0 spiro atoms. The van der Waals surface area contributed by atoms with Gasteiger partial charge < -0.3 is 10.4 Å². The van der Waals surface area contributed by atoms with Crippen LogP contribution in [0.2, 0.25) is 0 Å². The Kier molecular flexibility index (Phi) is 4.62. The van der Waals surface area contributed by atoms with Crippen LogP contribution in [-0.4, -0.2) is 31.7 Å². The predicted molar refractivity (Wildman–Crippen MR) is 95.2 cm³/mol. The fourth-order valence-electron chi connectivity index (χ4n) is 2.22. The second-order valence-electron chi connectivity index (χ2n) is 5.24. The second-order valence-corrected chi connectivity index (χ2v) is 6.16. The summed E-state index contributed by atoms with van der Waals surface area (Å²) in [5.74, 6) is -1.62. The molecule has 7 nitrogen and oxygen atoms in total. The van der Waals surface area contributed by atoms with Gasteiger partial charge in [0.2, 0.25) is 0 Å². The number of carboxylic acids is 1. The molecular formula is C17H13BrN4O3. The highest BCUT2D eigenvalue weighted by Gasteiger charge is 2.21. The van der Waals surface area contributed by atoms with Gasteiger partial charge >= 0.3 is 5.97 Å². The van der Waals surface area contributed by atoms with E-state index in [-0.39, 0.29) is 11.4 Å². The van der Waals surface area contributed by atoms with E-state index in [2.05, 4.69) is 31.3 Å². The number of hydrogen-bond donors (Lipinski definition) is 2. The molecule has 0 atom stereocenters. The molecule has 0 fully saturated rings. The lowest BCUT2D eigenvalue weighted by molar-refractivity contribution is 0.0688. The number of carboxylic acid groups (broad SMARTS) is 1. The Bertz CT molecular complexity index is 934. The number of aromatic nitrogens is 3. The zero-order valence-electron chi connectivity index (χ0n) is 13.1. The molecule has 0 bridgehead atoms. The summed E-state index contributed by atoms with van der Waals surface area (Å²) in [6.07, 6.45) is 2.83. The van der Waals surface area contributed by atoms with Gasteiger partial charge in [-0.3, -0.25) is 9.78 Å². The highest BCUT2D eigenvalue weighted by atomic mass is 79.9. The number of pyridine rings is 1. The van der Waals surface area contributed by atoms with Crippen LogP contribution in [0.25, 0.3) is 5.69 Å². The lowest BCUT2D eigenvalue weighted by Gasteiger charge is -2.07. The van der Waals surface area contributed by atoms with Crippen molar-refractivity contribution in [3.05, 3.63) is 70.2 Å². The topological polar surface area (TPSA) is 97.1 Å². The summed E-state index contributed by atoms with van der Waals surface area (Å²) in [6.45, 7) is 1.83. The smallest absolute Gasteiger partial charge is 0.356 e. The van der Waals surface area contributed by atoms with Gasteiger partial charge in [0.05, 0.1) is 23.8 Å². The predicted octanol–water partition coefficient (Wildman–Crippen LogP) is 3.29. The minimum atomic E-state index is -1.20. The van der Waals surface area contributed by atoms with Crippen molar-refractivity contribution in [2.75, 3.05) is 5.32 Å². The Morgan fingerprint density at radius 3 is 2.44 bits per heavy atom. The van der Waals surface area contributed by atoms with E-state index >= 15 is 0 Å². The summed E-state index contributed by atoms with van der Waals surface area (Å²) in [5.41, 5.74) is 1.67. The van der Waals surface area contributed by atoms with E-state index in [0.29, 0.717) is 11.3 Å². The van der Waals surface area contributed by atoms with Gasteiger partial charge in [-0.2, -0.15) is 5.10 Å². The first-order valence-electron chi connectivity index (χ1n) is 7.27. The third kappa shape index (κ3) is 3.58. The minimum Gasteiger partial charge on any atom is -0.476 e. The third-order valence-electron chi connectivity index (χ3n) is 3.47. The van der Waals surface area contributed by atoms with Gasteiger partial charge in [0, 0.05) is 15.7 Å². The maximum atomic E-state index is 12.3. The van der Waals surface area contributed by atoms with Crippen LogP contribution in [0.4, 0.5) is 5.69 Å². The Hall–Kier alpha value is -3.00. The zero-order chi connectivity index (χ0) is 18.0. The molecule has 2 heterocycles. The van der Waals surface area contributed by atoms with Crippen LogP contribution in [0.5, 0.6) is 0 Å². The van der Waals surface area contributed by atoms with Crippen molar-refractivity contribution < 1.29 is 14.7 Å². The van der Waals surface area contributed by atoms with Crippen LogP contribution >= 0.6 is 15.9 Å². The van der Waals surface area contributed by atoms with Crippen molar-refractivity contribution in [1.82, 2.24) is 14.8 Å². The fraction of sp³-hybridized carbons (Fsp3) is 0.0588. The molecule has 126 valence electrons. The molecule has 0 saturated heterocycles. The molecule has 0 radical (unpaired) electrons. The van der Waals surface area contributed by atoms with Crippen LogP contribution in [0.15, 0.2) is 53.3 Å². The summed E-state index contributed by atoms with van der Waals surface area (Å²) in [5, 5.41) is 16.2. The average molecular weight is 401 g/mol. The number of aryl methyl sites for hydroxylation is 1. The van der Waals surface area contributed by atoms with Crippen LogP contribution in [0.1, 0.15) is 26.5 Å². The van der Waals surface area contributed by atoms with Crippen LogP contribution in [0.3, 0.4) is 0 Å². The van der Waals surface area contributed by atoms with Gasteiger partial charge in [-0.05, 0) is 43.3 Å². The number of amides is 1. The number of aromatic carboxylic acids is 1. The Balaban J connectivity index is 1.94.